The van der Waals surface area contributed by atoms with E-state index in [9.17, 15) is 9.90 Å². The minimum atomic E-state index is -0.941. The lowest BCUT2D eigenvalue weighted by molar-refractivity contribution is -0.131. The minimum Gasteiger partial charge on any atom is -0.478 e. The molecule has 6 heteroatoms. The van der Waals surface area contributed by atoms with E-state index in [2.05, 4.69) is 4.90 Å². The van der Waals surface area contributed by atoms with Crippen LogP contribution in [0.3, 0.4) is 0 Å². The fourth-order valence-corrected chi connectivity index (χ4v) is 3.45. The Kier molecular flexibility index (Phi) is 5.52. The molecule has 0 radical (unpaired) electrons. The lowest BCUT2D eigenvalue weighted by Gasteiger charge is -2.35. The van der Waals surface area contributed by atoms with Crippen molar-refractivity contribution < 1.29 is 19.7 Å². The Hall–Kier alpha value is -1.21. The summed E-state index contributed by atoms with van der Waals surface area (Å²) in [5, 5.41) is 19.1. The van der Waals surface area contributed by atoms with Crippen LogP contribution in [0, 0.1) is 0 Å². The van der Waals surface area contributed by atoms with Crippen LogP contribution >= 0.6 is 11.3 Å². The number of carboxylic acid groups (broad SMARTS) is 1. The number of aliphatic carboxylic acids is 1. The summed E-state index contributed by atoms with van der Waals surface area (Å²) in [5.74, 6) is -0.941. The van der Waals surface area contributed by atoms with Gasteiger partial charge in [0.25, 0.3) is 0 Å². The molecule has 1 aliphatic heterocycles. The zero-order valence-electron chi connectivity index (χ0n) is 12.1. The summed E-state index contributed by atoms with van der Waals surface area (Å²) in [6, 6.07) is 3.91. The van der Waals surface area contributed by atoms with Crippen LogP contribution in [-0.2, 0) is 16.1 Å². The summed E-state index contributed by atoms with van der Waals surface area (Å²) in [6.07, 6.45) is 4.09. The van der Waals surface area contributed by atoms with Crippen LogP contribution in [0.5, 0.6) is 0 Å². The van der Waals surface area contributed by atoms with Crippen LogP contribution in [0.2, 0.25) is 0 Å². The Morgan fingerprint density at radius 3 is 2.86 bits per heavy atom. The molecule has 0 amide bonds. The monoisotopic (exact) mass is 311 g/mol. The molecular weight excluding hydrogens is 290 g/mol. The molecule has 1 fully saturated rings. The maximum absolute atomic E-state index is 10.5. The minimum absolute atomic E-state index is 0.619. The van der Waals surface area contributed by atoms with Gasteiger partial charge in [-0.05, 0) is 25.3 Å². The first-order valence-electron chi connectivity index (χ1n) is 6.95. The van der Waals surface area contributed by atoms with Crippen molar-refractivity contribution >= 4 is 23.4 Å². The van der Waals surface area contributed by atoms with Gasteiger partial charge in [-0.2, -0.15) is 0 Å². The normalized spacial score (nSPS) is 18.4. The summed E-state index contributed by atoms with van der Waals surface area (Å²) in [7, 11) is 1.99. The highest BCUT2D eigenvalue weighted by Gasteiger charge is 2.30. The second-order valence-electron chi connectivity index (χ2n) is 5.48. The van der Waals surface area contributed by atoms with Gasteiger partial charge in [-0.1, -0.05) is 0 Å². The average Bonchev–Trinajstić information content (AvgIpc) is 2.84. The van der Waals surface area contributed by atoms with E-state index in [1.807, 2.05) is 19.2 Å². The van der Waals surface area contributed by atoms with Crippen molar-refractivity contribution in [3.63, 3.8) is 0 Å². The van der Waals surface area contributed by atoms with E-state index in [-0.39, 0.29) is 0 Å². The molecule has 0 aliphatic carbocycles. The number of rotatable bonds is 6. The van der Waals surface area contributed by atoms with Crippen molar-refractivity contribution in [1.82, 2.24) is 4.90 Å². The smallest absolute Gasteiger partial charge is 0.328 e. The van der Waals surface area contributed by atoms with Crippen LogP contribution in [0.15, 0.2) is 18.2 Å². The van der Waals surface area contributed by atoms with Gasteiger partial charge in [0, 0.05) is 55.0 Å². The highest BCUT2D eigenvalue weighted by atomic mass is 32.1. The molecule has 0 aromatic carbocycles. The van der Waals surface area contributed by atoms with Crippen LogP contribution in [0.25, 0.3) is 6.08 Å². The van der Waals surface area contributed by atoms with Crippen LogP contribution in [-0.4, -0.2) is 53.5 Å². The molecule has 1 aromatic heterocycles. The third kappa shape index (κ3) is 5.24. The lowest BCUT2D eigenvalue weighted by Crippen LogP contribution is -2.45. The predicted octanol–water partition coefficient (Wildman–Crippen LogP) is 1.82. The number of hydrogen-bond acceptors (Lipinski definition) is 5. The molecule has 0 bridgehead atoms. The topological polar surface area (TPSA) is 70.0 Å². The van der Waals surface area contributed by atoms with Gasteiger partial charge in [0.15, 0.2) is 0 Å². The van der Waals surface area contributed by atoms with E-state index in [1.165, 1.54) is 0 Å². The zero-order valence-corrected chi connectivity index (χ0v) is 12.9. The Bertz CT molecular complexity index is 506. The number of hydrogen-bond donors (Lipinski definition) is 2. The van der Waals surface area contributed by atoms with Gasteiger partial charge in [-0.3, -0.25) is 4.90 Å². The first-order chi connectivity index (χ1) is 9.97. The molecule has 0 unspecified atom stereocenters. The Morgan fingerprint density at radius 1 is 1.48 bits per heavy atom. The van der Waals surface area contributed by atoms with Gasteiger partial charge < -0.3 is 14.9 Å². The maximum atomic E-state index is 10.5. The fraction of sp³-hybridized carbons (Fsp3) is 0.533. The van der Waals surface area contributed by atoms with Gasteiger partial charge in [0.05, 0.1) is 5.60 Å². The number of aliphatic hydroxyl groups is 1. The van der Waals surface area contributed by atoms with E-state index < -0.39 is 11.6 Å². The van der Waals surface area contributed by atoms with Crippen LogP contribution in [0.1, 0.15) is 22.6 Å². The Balaban J connectivity index is 1.87. The van der Waals surface area contributed by atoms with Crippen molar-refractivity contribution in [2.24, 2.45) is 0 Å². The third-order valence-corrected chi connectivity index (χ3v) is 4.52. The van der Waals surface area contributed by atoms with Crippen molar-refractivity contribution in [2.45, 2.75) is 25.0 Å². The number of thiophene rings is 1. The third-order valence-electron chi connectivity index (χ3n) is 3.49. The van der Waals surface area contributed by atoms with Crippen molar-refractivity contribution in [2.75, 3.05) is 26.8 Å². The van der Waals surface area contributed by atoms with Crippen LogP contribution < -0.4 is 0 Å². The molecule has 0 atom stereocenters. The molecule has 2 rings (SSSR count). The van der Waals surface area contributed by atoms with E-state index in [1.54, 1.807) is 17.4 Å². The second kappa shape index (κ2) is 7.17. The molecule has 0 spiro atoms. The summed E-state index contributed by atoms with van der Waals surface area (Å²) in [4.78, 5) is 14.7. The number of ether oxygens (including phenoxy) is 1. The molecule has 1 aromatic rings. The van der Waals surface area contributed by atoms with Gasteiger partial charge in [-0.15, -0.1) is 11.3 Å². The largest absolute Gasteiger partial charge is 0.478 e. The summed E-state index contributed by atoms with van der Waals surface area (Å²) in [6.45, 7) is 2.60. The van der Waals surface area contributed by atoms with Gasteiger partial charge in [0.2, 0.25) is 0 Å². The fourth-order valence-electron chi connectivity index (χ4n) is 2.46. The molecule has 2 N–H and O–H groups in total. The highest BCUT2D eigenvalue weighted by molar-refractivity contribution is 7.12. The SMILES string of the molecule is CN(Cc1ccc(/C=C/C(=O)O)s1)CC1(O)CCOCC1. The highest BCUT2D eigenvalue weighted by Crippen LogP contribution is 2.24. The van der Waals surface area contributed by atoms with Gasteiger partial charge >= 0.3 is 5.97 Å². The molecular formula is C15H21NO4S. The number of carbonyl (C=O) groups is 1. The first kappa shape index (κ1) is 16.2. The summed E-state index contributed by atoms with van der Waals surface area (Å²) in [5.41, 5.74) is -0.656. The zero-order chi connectivity index (χ0) is 15.3. The average molecular weight is 311 g/mol. The lowest BCUT2D eigenvalue weighted by atomic mass is 9.94. The first-order valence-corrected chi connectivity index (χ1v) is 7.77. The number of likely N-dealkylation sites (N-methyl/N-ethyl adjacent to an activating group) is 1. The van der Waals surface area contributed by atoms with Crippen molar-refractivity contribution in [3.8, 4) is 0 Å². The molecule has 1 saturated heterocycles. The van der Waals surface area contributed by atoms with Gasteiger partial charge in [-0.25, -0.2) is 4.79 Å². The quantitative estimate of drug-likeness (QED) is 0.784. The molecule has 5 nitrogen and oxygen atoms in total. The number of nitrogens with zero attached hydrogens (tertiary/aromatic N) is 1. The molecule has 2 heterocycles. The Labute approximate surface area is 128 Å². The second-order valence-corrected chi connectivity index (χ2v) is 6.68. The van der Waals surface area contributed by atoms with E-state index in [4.69, 9.17) is 9.84 Å². The molecule has 0 saturated carbocycles. The Morgan fingerprint density at radius 2 is 2.19 bits per heavy atom. The van der Waals surface area contributed by atoms with Crippen molar-refractivity contribution in [1.29, 1.82) is 0 Å². The van der Waals surface area contributed by atoms with Crippen LogP contribution in [0.4, 0.5) is 0 Å². The molecule has 21 heavy (non-hydrogen) atoms. The number of carboxylic acids is 1. The van der Waals surface area contributed by atoms with E-state index in [0.717, 1.165) is 22.4 Å². The molecule has 1 aliphatic rings. The van der Waals surface area contributed by atoms with E-state index >= 15 is 0 Å². The maximum Gasteiger partial charge on any atom is 0.328 e. The predicted molar refractivity (Wildman–Crippen MR) is 82.3 cm³/mol. The van der Waals surface area contributed by atoms with Crippen molar-refractivity contribution in [3.05, 3.63) is 28.0 Å². The van der Waals surface area contributed by atoms with E-state index in [0.29, 0.717) is 32.6 Å². The summed E-state index contributed by atoms with van der Waals surface area (Å²) < 4.78 is 5.28. The summed E-state index contributed by atoms with van der Waals surface area (Å²) >= 11 is 1.57. The molecule has 116 valence electrons. The standard InChI is InChI=1S/C15H21NO4S/c1-16(11-15(19)6-8-20-9-7-15)10-13-3-2-12(21-13)4-5-14(17)18/h2-5,19H,6-11H2,1H3,(H,17,18)/b5-4+. The van der Waals surface area contributed by atoms with Gasteiger partial charge in [0.1, 0.15) is 0 Å².